The van der Waals surface area contributed by atoms with E-state index >= 15 is 0 Å². The summed E-state index contributed by atoms with van der Waals surface area (Å²) in [6.07, 6.45) is -0.703. The van der Waals surface area contributed by atoms with Crippen LogP contribution in [0.5, 0.6) is 0 Å². The van der Waals surface area contributed by atoms with Gasteiger partial charge in [-0.1, -0.05) is 89.6 Å². The minimum atomic E-state index is -4.09. The molecule has 55 heavy (non-hydrogen) atoms. The highest BCUT2D eigenvalue weighted by Gasteiger charge is 2.45. The smallest absolute Gasteiger partial charge is 0.407 e. The normalized spacial score (nSPS) is 17.1. The van der Waals surface area contributed by atoms with Gasteiger partial charge in [0.05, 0.1) is 24.1 Å². The van der Waals surface area contributed by atoms with Crippen molar-refractivity contribution in [1.82, 2.24) is 30.9 Å². The first-order chi connectivity index (χ1) is 25.9. The van der Waals surface area contributed by atoms with Crippen LogP contribution in [0.15, 0.2) is 65.6 Å². The second-order valence-electron chi connectivity index (χ2n) is 13.9. The summed E-state index contributed by atoms with van der Waals surface area (Å²) in [6.45, 7) is 7.89. The zero-order valence-electron chi connectivity index (χ0n) is 31.6. The van der Waals surface area contributed by atoms with E-state index in [2.05, 4.69) is 26.0 Å². The third-order valence-electron chi connectivity index (χ3n) is 8.58. The Morgan fingerprint density at radius 3 is 2.07 bits per heavy atom. The fraction of sp³-hybridized carbons (Fsp3) is 0.486. The Balaban J connectivity index is 1.79. The number of amides is 6. The van der Waals surface area contributed by atoms with E-state index in [1.165, 1.54) is 12.1 Å². The number of likely N-dealkylation sites (tertiary alicyclic amines) is 1. The number of alkyl carbamates (subject to hydrolysis) is 1. The van der Waals surface area contributed by atoms with Gasteiger partial charge >= 0.3 is 6.09 Å². The number of hydrogen-bond acceptors (Lipinski definition) is 10. The van der Waals surface area contributed by atoms with E-state index in [1.807, 2.05) is 13.8 Å². The molecule has 6 amide bonds. The Kier molecular flexibility index (Phi) is 16.3. The molecule has 7 N–H and O–H groups in total. The number of carbonyl (C=O) groups excluding carboxylic acids is 7. The summed E-state index contributed by atoms with van der Waals surface area (Å²) in [5, 5.41) is 9.71. The summed E-state index contributed by atoms with van der Waals surface area (Å²) >= 11 is 0. The maximum absolute atomic E-state index is 14.1. The minimum absolute atomic E-state index is 0.00451. The van der Waals surface area contributed by atoms with Crippen LogP contribution < -0.4 is 31.7 Å². The lowest BCUT2D eigenvalue weighted by Crippen LogP contribution is -2.57. The molecule has 1 saturated heterocycles. The van der Waals surface area contributed by atoms with Crippen molar-refractivity contribution < 1.29 is 46.7 Å². The van der Waals surface area contributed by atoms with Crippen molar-refractivity contribution in [1.29, 1.82) is 0 Å². The van der Waals surface area contributed by atoms with Crippen molar-refractivity contribution in [2.75, 3.05) is 19.7 Å². The second kappa shape index (κ2) is 20.4. The highest BCUT2D eigenvalue weighted by Crippen LogP contribution is 2.24. The molecule has 1 fully saturated rings. The lowest BCUT2D eigenvalue weighted by atomic mass is 10.0. The van der Waals surface area contributed by atoms with Gasteiger partial charge in [0.25, 0.3) is 5.91 Å². The van der Waals surface area contributed by atoms with Gasteiger partial charge in [-0.2, -0.15) is 0 Å². The minimum Gasteiger partial charge on any atom is -0.449 e. The molecule has 2 aromatic carbocycles. The molecule has 0 radical (unpaired) electrons. The van der Waals surface area contributed by atoms with Gasteiger partial charge in [-0.3, -0.25) is 28.8 Å². The number of ketones is 1. The number of hydrogen-bond donors (Lipinski definition) is 6. The molecule has 1 heterocycles. The lowest BCUT2D eigenvalue weighted by Gasteiger charge is -2.31. The van der Waals surface area contributed by atoms with Gasteiger partial charge in [0, 0.05) is 12.6 Å². The Morgan fingerprint density at radius 1 is 0.891 bits per heavy atom. The third-order valence-corrected chi connectivity index (χ3v) is 10.1. The molecule has 18 heteroatoms. The number of nitrogens with zero attached hydrogens (tertiary/aromatic N) is 1. The van der Waals surface area contributed by atoms with Gasteiger partial charge < -0.3 is 36.6 Å². The van der Waals surface area contributed by atoms with Crippen LogP contribution in [-0.2, 0) is 43.5 Å². The molecule has 0 aliphatic carbocycles. The highest BCUT2D eigenvalue weighted by atomic mass is 32.2. The Labute approximate surface area is 320 Å². The van der Waals surface area contributed by atoms with Crippen molar-refractivity contribution in [2.24, 2.45) is 17.6 Å². The lowest BCUT2D eigenvalue weighted by molar-refractivity contribution is -0.143. The quantitative estimate of drug-likeness (QED) is 0.109. The van der Waals surface area contributed by atoms with E-state index in [0.29, 0.717) is 12.0 Å². The van der Waals surface area contributed by atoms with Crippen LogP contribution in [-0.4, -0.2) is 98.6 Å². The Morgan fingerprint density at radius 2 is 1.51 bits per heavy atom. The SMILES string of the molecule is CCCC(NC(=O)C1CC(NS(=O)(=O)c2ccccc2)CN1C(=O)[C@@H](NC(=O)OCC(C)C)C(C)C)C(=O)C(=O)NCC(=O)N[C@H](C(N)=O)c1ccccc1. The van der Waals surface area contributed by atoms with Crippen LogP contribution in [0.1, 0.15) is 65.5 Å². The van der Waals surface area contributed by atoms with Crippen LogP contribution >= 0.6 is 0 Å². The number of benzene rings is 2. The van der Waals surface area contributed by atoms with Crippen molar-refractivity contribution in [3.05, 3.63) is 66.2 Å². The van der Waals surface area contributed by atoms with E-state index in [-0.39, 0.29) is 36.8 Å². The van der Waals surface area contributed by atoms with Crippen LogP contribution in [0.2, 0.25) is 0 Å². The monoisotopic (exact) mass is 785 g/mol. The molecular weight excluding hydrogens is 735 g/mol. The molecule has 0 bridgehead atoms. The summed E-state index contributed by atoms with van der Waals surface area (Å²) in [5.41, 5.74) is 5.85. The first-order valence-electron chi connectivity index (χ1n) is 18.0. The van der Waals surface area contributed by atoms with Crippen LogP contribution in [0.25, 0.3) is 0 Å². The van der Waals surface area contributed by atoms with Crippen molar-refractivity contribution >= 4 is 51.4 Å². The number of nitrogens with one attached hydrogen (secondary N) is 5. The Hall–Kier alpha value is -5.36. The van der Waals surface area contributed by atoms with E-state index in [9.17, 15) is 42.0 Å². The number of nitrogens with two attached hydrogens (primary N) is 1. The molecule has 0 aromatic heterocycles. The molecule has 3 unspecified atom stereocenters. The average molecular weight is 786 g/mol. The standard InChI is InChI=1S/C37H51N7O10S/c1-6-13-27(32(46)35(49)39-19-29(45)41-31(33(38)47)24-14-9-7-10-15-24)40-34(48)28-18-25(43-55(52,53)26-16-11-8-12-17-26)20-44(28)36(50)30(23(4)5)42-37(51)54-21-22(2)3/h7-12,14-17,22-23,25,27-28,30-31,43H,6,13,18-21H2,1-5H3,(H2,38,47)(H,39,49)(H,40,48)(H,41,45)(H,42,51)/t25?,27?,28?,30-,31-/m0/s1. The van der Waals surface area contributed by atoms with E-state index in [4.69, 9.17) is 10.5 Å². The molecule has 1 aliphatic rings. The molecule has 1 aliphatic heterocycles. The summed E-state index contributed by atoms with van der Waals surface area (Å²) < 4.78 is 34.2. The van der Waals surface area contributed by atoms with Crippen LogP contribution in [0.3, 0.4) is 0 Å². The zero-order valence-corrected chi connectivity index (χ0v) is 32.4. The predicted octanol–water partition coefficient (Wildman–Crippen LogP) is 0.654. The maximum atomic E-state index is 14.1. The molecule has 17 nitrogen and oxygen atoms in total. The summed E-state index contributed by atoms with van der Waals surface area (Å²) in [7, 11) is -4.09. The molecule has 300 valence electrons. The van der Waals surface area contributed by atoms with E-state index in [1.54, 1.807) is 69.3 Å². The first kappa shape index (κ1) is 44.0. The molecule has 0 spiro atoms. The van der Waals surface area contributed by atoms with E-state index < -0.39 is 94.1 Å². The molecule has 0 saturated carbocycles. The summed E-state index contributed by atoms with van der Waals surface area (Å²) in [4.78, 5) is 92.6. The second-order valence-corrected chi connectivity index (χ2v) is 15.7. The summed E-state index contributed by atoms with van der Waals surface area (Å²) in [6, 6.07) is 9.66. The van der Waals surface area contributed by atoms with Crippen LogP contribution in [0, 0.1) is 11.8 Å². The maximum Gasteiger partial charge on any atom is 0.407 e. The van der Waals surface area contributed by atoms with E-state index in [0.717, 1.165) is 4.90 Å². The van der Waals surface area contributed by atoms with Gasteiger partial charge in [-0.15, -0.1) is 0 Å². The molecule has 5 atom stereocenters. The largest absolute Gasteiger partial charge is 0.449 e. The fourth-order valence-corrected chi connectivity index (χ4v) is 7.07. The van der Waals surface area contributed by atoms with Gasteiger partial charge in [0.2, 0.25) is 39.4 Å². The van der Waals surface area contributed by atoms with Crippen molar-refractivity contribution in [2.45, 2.75) is 89.0 Å². The van der Waals surface area contributed by atoms with Crippen molar-refractivity contribution in [3.8, 4) is 0 Å². The average Bonchev–Trinajstić information content (AvgIpc) is 3.57. The number of primary amides is 1. The molecule has 3 rings (SSSR count). The highest BCUT2D eigenvalue weighted by molar-refractivity contribution is 7.89. The topological polar surface area (TPSA) is 252 Å². The number of rotatable bonds is 19. The number of ether oxygens (including phenoxy) is 1. The fourth-order valence-electron chi connectivity index (χ4n) is 5.81. The third kappa shape index (κ3) is 12.9. The van der Waals surface area contributed by atoms with Gasteiger partial charge in [-0.25, -0.2) is 17.9 Å². The first-order valence-corrected chi connectivity index (χ1v) is 19.5. The Bertz CT molecular complexity index is 1790. The molecule has 2 aromatic rings. The van der Waals surface area contributed by atoms with Gasteiger partial charge in [-0.05, 0) is 42.4 Å². The summed E-state index contributed by atoms with van der Waals surface area (Å²) in [5.74, 6) is -5.92. The number of Topliss-reactive ketones (excluding diaryl/α,β-unsaturated/α-hetero) is 1. The predicted molar refractivity (Wildman–Crippen MR) is 200 cm³/mol. The molecular formula is C37H51N7O10S. The zero-order chi connectivity index (χ0) is 40.9. The number of sulfonamides is 1. The van der Waals surface area contributed by atoms with Crippen LogP contribution in [0.4, 0.5) is 4.79 Å². The number of carbonyl (C=O) groups is 7. The van der Waals surface area contributed by atoms with Gasteiger partial charge in [0.15, 0.2) is 0 Å². The van der Waals surface area contributed by atoms with Crippen molar-refractivity contribution in [3.63, 3.8) is 0 Å². The van der Waals surface area contributed by atoms with Gasteiger partial charge in [0.1, 0.15) is 18.1 Å².